The van der Waals surface area contributed by atoms with Crippen LogP contribution in [0.25, 0.3) is 6.08 Å². The van der Waals surface area contributed by atoms with E-state index in [2.05, 4.69) is 27.9 Å². The summed E-state index contributed by atoms with van der Waals surface area (Å²) in [4.78, 5) is 38.5. The van der Waals surface area contributed by atoms with Gasteiger partial charge in [0.2, 0.25) is 0 Å². The van der Waals surface area contributed by atoms with Crippen molar-refractivity contribution in [2.75, 3.05) is 12.0 Å². The number of barbiturate groups is 1. The summed E-state index contributed by atoms with van der Waals surface area (Å²) in [6, 6.07) is 9.94. The number of rotatable bonds is 3. The van der Waals surface area contributed by atoms with Crippen molar-refractivity contribution in [1.29, 1.82) is 0 Å². The van der Waals surface area contributed by atoms with Gasteiger partial charge in [-0.25, -0.2) is 9.69 Å². The highest BCUT2D eigenvalue weighted by molar-refractivity contribution is 14.1. The van der Waals surface area contributed by atoms with Gasteiger partial charge in [0, 0.05) is 0 Å². The highest BCUT2D eigenvalue weighted by atomic mass is 127. The lowest BCUT2D eigenvalue weighted by Crippen LogP contribution is -2.54. The number of urea groups is 1. The molecule has 0 bridgehead atoms. The summed E-state index contributed by atoms with van der Waals surface area (Å²) in [5, 5.41) is 2.24. The van der Waals surface area contributed by atoms with Gasteiger partial charge in [0.1, 0.15) is 11.3 Å². The van der Waals surface area contributed by atoms with Crippen LogP contribution in [0.4, 0.5) is 10.5 Å². The second-order valence-electron chi connectivity index (χ2n) is 6.20. The second kappa shape index (κ2) is 7.51. The zero-order chi connectivity index (χ0) is 19.7. The summed E-state index contributed by atoms with van der Waals surface area (Å²) in [7, 11) is 1.57. The smallest absolute Gasteiger partial charge is 0.335 e. The van der Waals surface area contributed by atoms with Crippen LogP contribution in [0.2, 0.25) is 0 Å². The van der Waals surface area contributed by atoms with Crippen LogP contribution in [0.15, 0.2) is 42.0 Å². The fourth-order valence-corrected chi connectivity index (χ4v) is 3.67. The lowest BCUT2D eigenvalue weighted by atomic mass is 10.1. The van der Waals surface area contributed by atoms with Crippen LogP contribution >= 0.6 is 22.6 Å². The van der Waals surface area contributed by atoms with E-state index in [0.717, 1.165) is 19.6 Å². The van der Waals surface area contributed by atoms with Crippen molar-refractivity contribution in [3.05, 3.63) is 62.2 Å². The van der Waals surface area contributed by atoms with E-state index in [4.69, 9.17) is 4.74 Å². The molecule has 1 aliphatic heterocycles. The van der Waals surface area contributed by atoms with Crippen LogP contribution in [0.5, 0.6) is 5.75 Å². The van der Waals surface area contributed by atoms with Gasteiger partial charge in [-0.3, -0.25) is 14.9 Å². The molecule has 4 amide bonds. The number of halogens is 1. The molecule has 7 heteroatoms. The van der Waals surface area contributed by atoms with Crippen molar-refractivity contribution >= 4 is 52.2 Å². The topological polar surface area (TPSA) is 75.7 Å². The first-order chi connectivity index (χ1) is 12.8. The normalized spacial score (nSPS) is 15.9. The maximum absolute atomic E-state index is 12.9. The fourth-order valence-electron chi connectivity index (χ4n) is 2.91. The molecule has 1 N–H and O–H groups in total. The lowest BCUT2D eigenvalue weighted by molar-refractivity contribution is -0.122. The van der Waals surface area contributed by atoms with E-state index in [1.807, 2.05) is 19.9 Å². The van der Waals surface area contributed by atoms with Crippen LogP contribution < -0.4 is 15.0 Å². The van der Waals surface area contributed by atoms with Gasteiger partial charge in [-0.2, -0.15) is 0 Å². The Morgan fingerprint density at radius 3 is 2.30 bits per heavy atom. The van der Waals surface area contributed by atoms with Gasteiger partial charge < -0.3 is 4.74 Å². The van der Waals surface area contributed by atoms with Crippen LogP contribution in [-0.4, -0.2) is 25.0 Å². The molecule has 0 aromatic heterocycles. The van der Waals surface area contributed by atoms with Gasteiger partial charge in [0.05, 0.1) is 16.4 Å². The monoisotopic (exact) mass is 476 g/mol. The Kier molecular flexibility index (Phi) is 5.31. The molecule has 0 aliphatic carbocycles. The molecule has 2 aromatic carbocycles. The van der Waals surface area contributed by atoms with E-state index >= 15 is 0 Å². The molecule has 1 saturated heterocycles. The van der Waals surface area contributed by atoms with Crippen molar-refractivity contribution in [2.45, 2.75) is 13.8 Å². The predicted octanol–water partition coefficient (Wildman–Crippen LogP) is 3.58. The molecule has 6 nitrogen and oxygen atoms in total. The van der Waals surface area contributed by atoms with Crippen molar-refractivity contribution < 1.29 is 19.1 Å². The quantitative estimate of drug-likeness (QED) is 0.418. The van der Waals surface area contributed by atoms with Crippen molar-refractivity contribution in [2.24, 2.45) is 0 Å². The second-order valence-corrected chi connectivity index (χ2v) is 7.36. The average Bonchev–Trinajstić information content (AvgIpc) is 2.57. The Balaban J connectivity index is 2.03. The number of amides is 4. The first-order valence-corrected chi connectivity index (χ1v) is 9.21. The Labute approximate surface area is 170 Å². The van der Waals surface area contributed by atoms with Crippen molar-refractivity contribution in [1.82, 2.24) is 5.32 Å². The average molecular weight is 476 g/mol. The summed E-state index contributed by atoms with van der Waals surface area (Å²) in [6.07, 6.45) is 1.47. The van der Waals surface area contributed by atoms with Crippen LogP contribution in [0.3, 0.4) is 0 Å². The number of nitrogens with one attached hydrogen (secondary N) is 1. The minimum absolute atomic E-state index is 0.102. The third kappa shape index (κ3) is 3.87. The van der Waals surface area contributed by atoms with E-state index in [1.54, 1.807) is 37.4 Å². The SMILES string of the molecule is COc1ccc(/C=C2\C(=O)NC(=O)N(c3cc(C)cc(C)c3)C2=O)cc1I. The molecule has 0 spiro atoms. The fraction of sp³-hybridized carbons (Fsp3) is 0.150. The Hall–Kier alpha value is -2.68. The van der Waals surface area contributed by atoms with Gasteiger partial charge in [-0.15, -0.1) is 0 Å². The van der Waals surface area contributed by atoms with E-state index in [0.29, 0.717) is 17.0 Å². The molecule has 2 aromatic rings. The molecule has 1 fully saturated rings. The molecule has 0 saturated carbocycles. The Morgan fingerprint density at radius 1 is 1.04 bits per heavy atom. The number of carbonyl (C=O) groups excluding carboxylic acids is 3. The summed E-state index contributed by atoms with van der Waals surface area (Å²) < 4.78 is 6.06. The largest absolute Gasteiger partial charge is 0.496 e. The summed E-state index contributed by atoms with van der Waals surface area (Å²) in [5.41, 5.74) is 2.82. The number of aryl methyl sites for hydroxylation is 2. The number of anilines is 1. The molecule has 1 heterocycles. The number of ether oxygens (including phenoxy) is 1. The molecule has 0 unspecified atom stereocenters. The molecule has 0 radical (unpaired) electrons. The maximum Gasteiger partial charge on any atom is 0.335 e. The molecule has 27 heavy (non-hydrogen) atoms. The molecule has 138 valence electrons. The van der Waals surface area contributed by atoms with Crippen LogP contribution in [0, 0.1) is 17.4 Å². The van der Waals surface area contributed by atoms with E-state index in [1.165, 1.54) is 6.08 Å². The molecule has 3 rings (SSSR count). The number of nitrogens with zero attached hydrogens (tertiary/aromatic N) is 1. The number of methoxy groups -OCH3 is 1. The first kappa shape index (κ1) is 19.1. The number of hydrogen-bond donors (Lipinski definition) is 1. The summed E-state index contributed by atoms with van der Waals surface area (Å²) in [6.45, 7) is 3.76. The standard InChI is InChI=1S/C20H17IN2O4/c1-11-6-12(2)8-14(7-11)23-19(25)15(18(24)22-20(23)26)9-13-4-5-17(27-3)16(21)10-13/h4-10H,1-3H3,(H,22,24,26)/b15-9+. The molecular formula is C20H17IN2O4. The molecule has 0 atom stereocenters. The van der Waals surface area contributed by atoms with Gasteiger partial charge in [-0.05, 0) is 83.5 Å². The van der Waals surface area contributed by atoms with Crippen LogP contribution in [-0.2, 0) is 9.59 Å². The number of hydrogen-bond acceptors (Lipinski definition) is 4. The van der Waals surface area contributed by atoms with E-state index in [-0.39, 0.29) is 5.57 Å². The number of imide groups is 2. The van der Waals surface area contributed by atoms with Crippen LogP contribution in [0.1, 0.15) is 16.7 Å². The highest BCUT2D eigenvalue weighted by Gasteiger charge is 2.36. The lowest BCUT2D eigenvalue weighted by Gasteiger charge is -2.27. The van der Waals surface area contributed by atoms with Gasteiger partial charge in [0.25, 0.3) is 11.8 Å². The van der Waals surface area contributed by atoms with E-state index < -0.39 is 17.8 Å². The van der Waals surface area contributed by atoms with Crippen molar-refractivity contribution in [3.8, 4) is 5.75 Å². The Bertz CT molecular complexity index is 977. The summed E-state index contributed by atoms with van der Waals surface area (Å²) in [5.74, 6) is -0.666. The third-order valence-corrected chi connectivity index (χ3v) is 4.90. The Morgan fingerprint density at radius 2 is 1.70 bits per heavy atom. The minimum atomic E-state index is -0.753. The van der Waals surface area contributed by atoms with Crippen molar-refractivity contribution in [3.63, 3.8) is 0 Å². The third-order valence-electron chi connectivity index (χ3n) is 4.05. The van der Waals surface area contributed by atoms with Gasteiger partial charge >= 0.3 is 6.03 Å². The van der Waals surface area contributed by atoms with Gasteiger partial charge in [-0.1, -0.05) is 12.1 Å². The summed E-state index contributed by atoms with van der Waals surface area (Å²) >= 11 is 2.11. The number of carbonyl (C=O) groups is 3. The van der Waals surface area contributed by atoms with Gasteiger partial charge in [0.15, 0.2) is 0 Å². The molecule has 1 aliphatic rings. The first-order valence-electron chi connectivity index (χ1n) is 8.13. The minimum Gasteiger partial charge on any atom is -0.496 e. The zero-order valence-electron chi connectivity index (χ0n) is 15.0. The highest BCUT2D eigenvalue weighted by Crippen LogP contribution is 2.26. The van der Waals surface area contributed by atoms with E-state index in [9.17, 15) is 14.4 Å². The molecular weight excluding hydrogens is 459 g/mol. The zero-order valence-corrected chi connectivity index (χ0v) is 17.2. The number of benzene rings is 2. The predicted molar refractivity (Wildman–Crippen MR) is 111 cm³/mol. The maximum atomic E-state index is 12.9.